The molecular weight excluding hydrogens is 278 g/mol. The van der Waals surface area contributed by atoms with Gasteiger partial charge in [0.05, 0.1) is 0 Å². The number of benzene rings is 1. The van der Waals surface area contributed by atoms with Gasteiger partial charge in [0.2, 0.25) is 0 Å². The van der Waals surface area contributed by atoms with E-state index in [2.05, 4.69) is 20.9 Å². The third kappa shape index (κ3) is 2.43. The number of aldehydes is 1. The molecule has 2 aromatic rings. The van der Waals surface area contributed by atoms with Crippen molar-refractivity contribution in [1.82, 2.24) is 4.98 Å². The number of ether oxygens (including phenoxy) is 1. The van der Waals surface area contributed by atoms with Gasteiger partial charge in [-0.2, -0.15) is 4.98 Å². The Bertz CT molecular complexity index is 470. The number of aromatic nitrogens is 1. The van der Waals surface area contributed by atoms with E-state index in [9.17, 15) is 4.79 Å². The van der Waals surface area contributed by atoms with Gasteiger partial charge in [-0.25, -0.2) is 0 Å². The van der Waals surface area contributed by atoms with E-state index in [4.69, 9.17) is 4.74 Å². The summed E-state index contributed by atoms with van der Waals surface area (Å²) in [5.41, 5.74) is 0. The molecule has 0 saturated heterocycles. The Kier molecular flexibility index (Phi) is 3.13. The van der Waals surface area contributed by atoms with Gasteiger partial charge in [-0.15, -0.1) is 0 Å². The van der Waals surface area contributed by atoms with Crippen molar-refractivity contribution >= 4 is 33.6 Å². The normalized spacial score (nSPS) is 9.93. The smallest absolute Gasteiger partial charge is 0.280 e. The fraction of sp³-hybridized carbons (Fsp3) is 0. The number of hydrogen-bond acceptors (Lipinski definition) is 4. The number of thiazole rings is 1. The first-order valence-electron chi connectivity index (χ1n) is 4.14. The minimum absolute atomic E-state index is 0.454. The maximum Gasteiger partial charge on any atom is 0.280 e. The summed E-state index contributed by atoms with van der Waals surface area (Å²) in [6.07, 6.45) is 0.750. The van der Waals surface area contributed by atoms with Crippen LogP contribution in [0.5, 0.6) is 10.9 Å². The lowest BCUT2D eigenvalue weighted by atomic mass is 10.3. The third-order valence-corrected chi connectivity index (χ3v) is 3.37. The molecule has 15 heavy (non-hydrogen) atoms. The van der Waals surface area contributed by atoms with Crippen molar-refractivity contribution in [2.24, 2.45) is 0 Å². The highest BCUT2D eigenvalue weighted by molar-refractivity contribution is 9.10. The van der Waals surface area contributed by atoms with Gasteiger partial charge in [0.1, 0.15) is 15.2 Å². The molecule has 76 valence electrons. The van der Waals surface area contributed by atoms with Gasteiger partial charge in [0.25, 0.3) is 5.19 Å². The number of para-hydroxylation sites is 1. The molecule has 0 atom stereocenters. The molecule has 1 aromatic heterocycles. The highest BCUT2D eigenvalue weighted by Gasteiger charge is 2.09. The van der Waals surface area contributed by atoms with Crippen LogP contribution in [-0.2, 0) is 0 Å². The van der Waals surface area contributed by atoms with Crippen molar-refractivity contribution in [3.8, 4) is 10.9 Å². The molecule has 1 aromatic carbocycles. The maximum absolute atomic E-state index is 10.6. The van der Waals surface area contributed by atoms with Crippen molar-refractivity contribution in [3.05, 3.63) is 39.8 Å². The first-order valence-corrected chi connectivity index (χ1v) is 5.75. The zero-order valence-corrected chi connectivity index (χ0v) is 9.92. The zero-order valence-electron chi connectivity index (χ0n) is 7.51. The SMILES string of the molecule is O=Cc1sc(Oc2ccccc2)nc1Br. The molecule has 0 aliphatic rings. The number of carbonyl (C=O) groups is 1. The molecule has 0 amide bonds. The summed E-state index contributed by atoms with van der Waals surface area (Å²) in [4.78, 5) is 15.2. The Morgan fingerprint density at radius 2 is 2.07 bits per heavy atom. The van der Waals surface area contributed by atoms with Gasteiger partial charge in [0.15, 0.2) is 6.29 Å². The Labute approximate surface area is 98.9 Å². The maximum atomic E-state index is 10.6. The minimum Gasteiger partial charge on any atom is -0.431 e. The fourth-order valence-electron chi connectivity index (χ4n) is 1.000. The molecule has 5 heteroatoms. The van der Waals surface area contributed by atoms with Crippen LogP contribution in [0.25, 0.3) is 0 Å². The van der Waals surface area contributed by atoms with Crippen LogP contribution in [0.2, 0.25) is 0 Å². The number of carbonyl (C=O) groups excluding carboxylic acids is 1. The molecule has 0 fully saturated rings. The van der Waals surface area contributed by atoms with E-state index in [0.29, 0.717) is 20.4 Å². The Morgan fingerprint density at radius 1 is 1.33 bits per heavy atom. The molecule has 0 spiro atoms. The average molecular weight is 284 g/mol. The largest absolute Gasteiger partial charge is 0.431 e. The molecular formula is C10H6BrNO2S. The molecule has 0 radical (unpaired) electrons. The van der Waals surface area contributed by atoms with Crippen LogP contribution in [0.1, 0.15) is 9.67 Å². The monoisotopic (exact) mass is 283 g/mol. The highest BCUT2D eigenvalue weighted by atomic mass is 79.9. The molecule has 0 aliphatic heterocycles. The van der Waals surface area contributed by atoms with E-state index >= 15 is 0 Å². The van der Waals surface area contributed by atoms with Gasteiger partial charge >= 0.3 is 0 Å². The number of hydrogen-bond donors (Lipinski definition) is 0. The second kappa shape index (κ2) is 4.55. The lowest BCUT2D eigenvalue weighted by Gasteiger charge is -1.98. The summed E-state index contributed by atoms with van der Waals surface area (Å²) >= 11 is 4.38. The van der Waals surface area contributed by atoms with Gasteiger partial charge in [0, 0.05) is 0 Å². The first kappa shape index (κ1) is 10.3. The van der Waals surface area contributed by atoms with Crippen molar-refractivity contribution in [2.75, 3.05) is 0 Å². The van der Waals surface area contributed by atoms with Crippen LogP contribution in [-0.4, -0.2) is 11.3 Å². The summed E-state index contributed by atoms with van der Waals surface area (Å²) in [5, 5.41) is 0.454. The summed E-state index contributed by atoms with van der Waals surface area (Å²) in [5.74, 6) is 0.705. The number of halogens is 1. The molecule has 0 N–H and O–H groups in total. The standard InChI is InChI=1S/C10H6BrNO2S/c11-9-8(6-13)15-10(12-9)14-7-4-2-1-3-5-7/h1-6H. The van der Waals surface area contributed by atoms with E-state index < -0.39 is 0 Å². The summed E-state index contributed by atoms with van der Waals surface area (Å²) in [6, 6.07) is 9.31. The van der Waals surface area contributed by atoms with Gasteiger partial charge in [-0.05, 0) is 28.1 Å². The summed E-state index contributed by atoms with van der Waals surface area (Å²) in [7, 11) is 0. The molecule has 3 nitrogen and oxygen atoms in total. The second-order valence-corrected chi connectivity index (χ2v) is 4.41. The molecule has 0 bridgehead atoms. The van der Waals surface area contributed by atoms with Crippen LogP contribution in [0.15, 0.2) is 34.9 Å². The van der Waals surface area contributed by atoms with Gasteiger partial charge in [-0.3, -0.25) is 4.79 Å². The van der Waals surface area contributed by atoms with Crippen LogP contribution in [0.4, 0.5) is 0 Å². The zero-order chi connectivity index (χ0) is 10.7. The van der Waals surface area contributed by atoms with E-state index in [-0.39, 0.29) is 0 Å². The fourth-order valence-corrected chi connectivity index (χ4v) is 2.26. The van der Waals surface area contributed by atoms with Crippen LogP contribution in [0, 0.1) is 0 Å². The molecule has 0 saturated carbocycles. The van der Waals surface area contributed by atoms with Gasteiger partial charge in [-0.1, -0.05) is 29.5 Å². The first-order chi connectivity index (χ1) is 7.29. The third-order valence-electron chi connectivity index (χ3n) is 1.65. The quantitative estimate of drug-likeness (QED) is 0.810. The molecule has 0 aliphatic carbocycles. The van der Waals surface area contributed by atoms with Gasteiger partial charge < -0.3 is 4.74 Å². The topological polar surface area (TPSA) is 39.2 Å². The summed E-state index contributed by atoms with van der Waals surface area (Å²) in [6.45, 7) is 0. The average Bonchev–Trinajstić information content (AvgIpc) is 2.60. The Balaban J connectivity index is 2.21. The predicted molar refractivity (Wildman–Crippen MR) is 61.7 cm³/mol. The highest BCUT2D eigenvalue weighted by Crippen LogP contribution is 2.30. The van der Waals surface area contributed by atoms with E-state index in [1.807, 2.05) is 30.3 Å². The number of nitrogens with zero attached hydrogens (tertiary/aromatic N) is 1. The predicted octanol–water partition coefficient (Wildman–Crippen LogP) is 3.51. The lowest BCUT2D eigenvalue weighted by Crippen LogP contribution is -1.81. The Hall–Kier alpha value is -1.20. The number of rotatable bonds is 3. The Morgan fingerprint density at radius 3 is 2.67 bits per heavy atom. The van der Waals surface area contributed by atoms with Crippen LogP contribution >= 0.6 is 27.3 Å². The van der Waals surface area contributed by atoms with E-state index in [0.717, 1.165) is 6.29 Å². The second-order valence-electron chi connectivity index (χ2n) is 2.67. The van der Waals surface area contributed by atoms with Crippen molar-refractivity contribution in [3.63, 3.8) is 0 Å². The molecule has 1 heterocycles. The lowest BCUT2D eigenvalue weighted by molar-refractivity contribution is 0.112. The molecule has 2 rings (SSSR count). The van der Waals surface area contributed by atoms with E-state index in [1.165, 1.54) is 11.3 Å². The van der Waals surface area contributed by atoms with Crippen LogP contribution in [0.3, 0.4) is 0 Å². The van der Waals surface area contributed by atoms with Crippen molar-refractivity contribution in [1.29, 1.82) is 0 Å². The molecule has 0 unspecified atom stereocenters. The summed E-state index contributed by atoms with van der Waals surface area (Å²) < 4.78 is 5.98. The minimum atomic E-state index is 0.454. The van der Waals surface area contributed by atoms with Crippen LogP contribution < -0.4 is 4.74 Å². The van der Waals surface area contributed by atoms with Crippen molar-refractivity contribution < 1.29 is 9.53 Å². The van der Waals surface area contributed by atoms with Crippen molar-refractivity contribution in [2.45, 2.75) is 0 Å². The van der Waals surface area contributed by atoms with E-state index in [1.54, 1.807) is 0 Å².